The van der Waals surface area contributed by atoms with Crippen LogP contribution in [-0.4, -0.2) is 5.91 Å². The van der Waals surface area contributed by atoms with E-state index in [9.17, 15) is 4.79 Å². The van der Waals surface area contributed by atoms with Gasteiger partial charge in [0.25, 0.3) is 0 Å². The molecular weight excluding hydrogens is 269 g/mol. The number of fused-ring (bicyclic) bond motifs is 1. The molecule has 18 heavy (non-hydrogen) atoms. The molecule has 1 aliphatic heterocycles. The fourth-order valence-electron chi connectivity index (χ4n) is 2.60. The molecule has 1 amide bonds. The number of anilines is 1. The number of amides is 1. The van der Waals surface area contributed by atoms with Gasteiger partial charge in [0.15, 0.2) is 0 Å². The van der Waals surface area contributed by atoms with Crippen LogP contribution in [0.15, 0.2) is 12.1 Å². The van der Waals surface area contributed by atoms with E-state index in [1.165, 1.54) is 0 Å². The lowest BCUT2D eigenvalue weighted by Crippen LogP contribution is -2.14. The maximum Gasteiger partial charge on any atom is 0.232 e. The second-order valence-electron chi connectivity index (χ2n) is 5.02. The zero-order valence-electron chi connectivity index (χ0n) is 10.6. The van der Waals surface area contributed by atoms with Crippen LogP contribution in [0.3, 0.4) is 0 Å². The number of rotatable bonds is 4. The molecule has 0 saturated heterocycles. The standard InChI is InChI=1S/C14H17Cl2NO/c1-3-4-8(2)5-11-10-6-9(15)7-12(16)13(10)17-14(11)18/h6-8,11H,3-5H2,1-2H3,(H,17,18). The molecule has 0 spiro atoms. The molecule has 0 aromatic heterocycles. The number of carbonyl (C=O) groups excluding carboxylic acids is 1. The highest BCUT2D eigenvalue weighted by Gasteiger charge is 2.33. The molecule has 0 aliphatic carbocycles. The number of hydrogen-bond donors (Lipinski definition) is 1. The Hall–Kier alpha value is -0.730. The van der Waals surface area contributed by atoms with Gasteiger partial charge in [0.05, 0.1) is 16.6 Å². The lowest BCUT2D eigenvalue weighted by molar-refractivity contribution is -0.117. The van der Waals surface area contributed by atoms with Gasteiger partial charge >= 0.3 is 0 Å². The molecule has 4 heteroatoms. The summed E-state index contributed by atoms with van der Waals surface area (Å²) in [5, 5.41) is 3.97. The molecule has 1 aliphatic rings. The van der Waals surface area contributed by atoms with Crippen LogP contribution in [0.2, 0.25) is 10.0 Å². The average Bonchev–Trinajstić information content (AvgIpc) is 2.58. The molecule has 0 bridgehead atoms. The summed E-state index contributed by atoms with van der Waals surface area (Å²) in [6.07, 6.45) is 3.12. The van der Waals surface area contributed by atoms with Crippen molar-refractivity contribution in [3.63, 3.8) is 0 Å². The molecule has 1 aromatic carbocycles. The molecular formula is C14H17Cl2NO. The Bertz CT molecular complexity index is 473. The van der Waals surface area contributed by atoms with Gasteiger partial charge in [-0.3, -0.25) is 4.79 Å². The fraction of sp³-hybridized carbons (Fsp3) is 0.500. The Balaban J connectivity index is 2.27. The number of halogens is 2. The first-order chi connectivity index (χ1) is 8.52. The minimum Gasteiger partial charge on any atom is -0.324 e. The largest absolute Gasteiger partial charge is 0.324 e. The second-order valence-corrected chi connectivity index (χ2v) is 5.87. The third kappa shape index (κ3) is 2.65. The van der Waals surface area contributed by atoms with E-state index in [-0.39, 0.29) is 11.8 Å². The van der Waals surface area contributed by atoms with Crippen molar-refractivity contribution in [2.75, 3.05) is 5.32 Å². The lowest BCUT2D eigenvalue weighted by atomic mass is 9.88. The first-order valence-electron chi connectivity index (χ1n) is 6.32. The molecule has 98 valence electrons. The minimum absolute atomic E-state index is 0.0390. The molecule has 0 saturated carbocycles. The van der Waals surface area contributed by atoms with Gasteiger partial charge in [-0.1, -0.05) is 49.9 Å². The van der Waals surface area contributed by atoms with Crippen LogP contribution >= 0.6 is 23.2 Å². The molecule has 1 N–H and O–H groups in total. The predicted molar refractivity (Wildman–Crippen MR) is 76.5 cm³/mol. The summed E-state index contributed by atoms with van der Waals surface area (Å²) < 4.78 is 0. The summed E-state index contributed by atoms with van der Waals surface area (Å²) in [7, 11) is 0. The average molecular weight is 286 g/mol. The molecule has 0 radical (unpaired) electrons. The van der Waals surface area contributed by atoms with E-state index in [0.717, 1.165) is 30.5 Å². The molecule has 1 heterocycles. The third-order valence-electron chi connectivity index (χ3n) is 3.45. The maximum atomic E-state index is 12.0. The van der Waals surface area contributed by atoms with Crippen LogP contribution in [0.4, 0.5) is 5.69 Å². The number of benzene rings is 1. The maximum absolute atomic E-state index is 12.0. The van der Waals surface area contributed by atoms with E-state index in [0.29, 0.717) is 16.0 Å². The summed E-state index contributed by atoms with van der Waals surface area (Å²) in [5.41, 5.74) is 1.68. The summed E-state index contributed by atoms with van der Waals surface area (Å²) >= 11 is 12.1. The molecule has 1 aromatic rings. The van der Waals surface area contributed by atoms with Gasteiger partial charge in [-0.15, -0.1) is 0 Å². The monoisotopic (exact) mass is 285 g/mol. The van der Waals surface area contributed by atoms with E-state index in [1.807, 2.05) is 6.07 Å². The van der Waals surface area contributed by atoms with Crippen molar-refractivity contribution < 1.29 is 4.79 Å². The van der Waals surface area contributed by atoms with Crippen molar-refractivity contribution >= 4 is 34.8 Å². The molecule has 2 unspecified atom stereocenters. The van der Waals surface area contributed by atoms with Crippen molar-refractivity contribution in [1.29, 1.82) is 0 Å². The van der Waals surface area contributed by atoms with Crippen LogP contribution in [-0.2, 0) is 4.79 Å². The van der Waals surface area contributed by atoms with Crippen molar-refractivity contribution in [1.82, 2.24) is 0 Å². The van der Waals surface area contributed by atoms with Gasteiger partial charge in [-0.2, -0.15) is 0 Å². The van der Waals surface area contributed by atoms with Crippen LogP contribution in [0.25, 0.3) is 0 Å². The molecule has 0 fully saturated rings. The quantitative estimate of drug-likeness (QED) is 0.841. The molecule has 2 nitrogen and oxygen atoms in total. The van der Waals surface area contributed by atoms with Gasteiger partial charge in [-0.25, -0.2) is 0 Å². The van der Waals surface area contributed by atoms with E-state index in [4.69, 9.17) is 23.2 Å². The van der Waals surface area contributed by atoms with Gasteiger partial charge in [0.1, 0.15) is 0 Å². The summed E-state index contributed by atoms with van der Waals surface area (Å²) in [5.74, 6) is 0.448. The van der Waals surface area contributed by atoms with Gasteiger partial charge in [0.2, 0.25) is 5.91 Å². The van der Waals surface area contributed by atoms with Gasteiger partial charge in [-0.05, 0) is 30.0 Å². The molecule has 2 atom stereocenters. The zero-order chi connectivity index (χ0) is 13.3. The van der Waals surface area contributed by atoms with Crippen LogP contribution in [0, 0.1) is 5.92 Å². The molecule has 2 rings (SSSR count). The highest BCUT2D eigenvalue weighted by Crippen LogP contribution is 2.42. The van der Waals surface area contributed by atoms with Crippen LogP contribution in [0.1, 0.15) is 44.6 Å². The van der Waals surface area contributed by atoms with E-state index in [2.05, 4.69) is 19.2 Å². The predicted octanol–water partition coefficient (Wildman–Crippen LogP) is 4.86. The number of nitrogens with one attached hydrogen (secondary N) is 1. The normalized spacial score (nSPS) is 19.6. The summed E-state index contributed by atoms with van der Waals surface area (Å²) in [6, 6.07) is 3.52. The Morgan fingerprint density at radius 2 is 2.11 bits per heavy atom. The smallest absolute Gasteiger partial charge is 0.232 e. The first kappa shape index (κ1) is 13.7. The van der Waals surface area contributed by atoms with E-state index in [1.54, 1.807) is 6.07 Å². The number of hydrogen-bond acceptors (Lipinski definition) is 1. The zero-order valence-corrected chi connectivity index (χ0v) is 12.1. The Kier molecular flexibility index (Phi) is 4.18. The van der Waals surface area contributed by atoms with E-state index >= 15 is 0 Å². The van der Waals surface area contributed by atoms with E-state index < -0.39 is 0 Å². The Labute approximate surface area is 118 Å². The Morgan fingerprint density at radius 1 is 1.39 bits per heavy atom. The van der Waals surface area contributed by atoms with Crippen LogP contribution < -0.4 is 5.32 Å². The highest BCUT2D eigenvalue weighted by atomic mass is 35.5. The van der Waals surface area contributed by atoms with Crippen molar-refractivity contribution in [3.05, 3.63) is 27.7 Å². The summed E-state index contributed by atoms with van der Waals surface area (Å²) in [6.45, 7) is 4.34. The third-order valence-corrected chi connectivity index (χ3v) is 3.96. The highest BCUT2D eigenvalue weighted by molar-refractivity contribution is 6.37. The van der Waals surface area contributed by atoms with Crippen molar-refractivity contribution in [2.24, 2.45) is 5.92 Å². The second kappa shape index (κ2) is 5.50. The van der Waals surface area contributed by atoms with Crippen molar-refractivity contribution in [2.45, 2.75) is 39.0 Å². The topological polar surface area (TPSA) is 29.1 Å². The van der Waals surface area contributed by atoms with Gasteiger partial charge < -0.3 is 5.32 Å². The van der Waals surface area contributed by atoms with Crippen molar-refractivity contribution in [3.8, 4) is 0 Å². The Morgan fingerprint density at radius 3 is 2.78 bits per heavy atom. The summed E-state index contributed by atoms with van der Waals surface area (Å²) in [4.78, 5) is 12.0. The van der Waals surface area contributed by atoms with Gasteiger partial charge in [0, 0.05) is 5.02 Å². The first-order valence-corrected chi connectivity index (χ1v) is 7.08. The SMILES string of the molecule is CCCC(C)CC1C(=O)Nc2c(Cl)cc(Cl)cc21. The minimum atomic E-state index is -0.113. The fourth-order valence-corrected chi connectivity index (χ4v) is 3.16. The lowest BCUT2D eigenvalue weighted by Gasteiger charge is -2.15. The van der Waals surface area contributed by atoms with Crippen LogP contribution in [0.5, 0.6) is 0 Å². The number of carbonyl (C=O) groups is 1.